The van der Waals surface area contributed by atoms with Gasteiger partial charge >= 0.3 is 0 Å². The zero-order valence-corrected chi connectivity index (χ0v) is 13.5. The van der Waals surface area contributed by atoms with Crippen LogP contribution in [-0.4, -0.2) is 14.2 Å². The first-order chi connectivity index (χ1) is 10.8. The summed E-state index contributed by atoms with van der Waals surface area (Å²) in [5.41, 5.74) is 6.96. The predicted octanol–water partition coefficient (Wildman–Crippen LogP) is 4.97. The van der Waals surface area contributed by atoms with Crippen LogP contribution in [0.1, 0.15) is 36.5 Å². The molecule has 0 heterocycles. The van der Waals surface area contributed by atoms with Gasteiger partial charge in [0, 0.05) is 0 Å². The molecule has 0 bridgehead atoms. The van der Waals surface area contributed by atoms with Crippen molar-refractivity contribution in [1.82, 2.24) is 0 Å². The molecule has 0 aliphatic heterocycles. The van der Waals surface area contributed by atoms with Gasteiger partial charge in [0.25, 0.3) is 0 Å². The third-order valence-corrected chi connectivity index (χ3v) is 4.31. The second-order valence-electron chi connectivity index (χ2n) is 5.64. The van der Waals surface area contributed by atoms with Crippen LogP contribution in [0.2, 0.25) is 0 Å². The van der Waals surface area contributed by atoms with Gasteiger partial charge in [0.05, 0.1) is 14.2 Å². The first-order valence-electron chi connectivity index (χ1n) is 7.80. The maximum absolute atomic E-state index is 5.37. The summed E-state index contributed by atoms with van der Waals surface area (Å²) in [6.45, 7) is 2.24. The molecule has 0 amide bonds. The van der Waals surface area contributed by atoms with Crippen LogP contribution in [0.5, 0.6) is 11.5 Å². The summed E-state index contributed by atoms with van der Waals surface area (Å²) in [5, 5.41) is 0. The molecule has 1 aliphatic carbocycles. The van der Waals surface area contributed by atoms with E-state index in [1.165, 1.54) is 27.8 Å². The van der Waals surface area contributed by atoms with E-state index >= 15 is 0 Å². The Morgan fingerprint density at radius 3 is 2.23 bits per heavy atom. The third-order valence-electron chi connectivity index (χ3n) is 4.31. The van der Waals surface area contributed by atoms with Gasteiger partial charge in [-0.2, -0.15) is 0 Å². The van der Waals surface area contributed by atoms with Gasteiger partial charge in [-0.3, -0.25) is 0 Å². The molecule has 2 heteroatoms. The molecule has 0 unspecified atom stereocenters. The quantitative estimate of drug-likeness (QED) is 0.775. The summed E-state index contributed by atoms with van der Waals surface area (Å²) in [6, 6.07) is 14.8. The molecule has 0 aromatic heterocycles. The van der Waals surface area contributed by atoms with E-state index in [0.717, 1.165) is 30.8 Å². The van der Waals surface area contributed by atoms with Crippen LogP contribution in [0.3, 0.4) is 0 Å². The Morgan fingerprint density at radius 1 is 0.909 bits per heavy atom. The van der Waals surface area contributed by atoms with Crippen molar-refractivity contribution < 1.29 is 9.47 Å². The topological polar surface area (TPSA) is 18.5 Å². The molecule has 0 saturated heterocycles. The largest absolute Gasteiger partial charge is 0.497 e. The van der Waals surface area contributed by atoms with Crippen LogP contribution in [0.25, 0.3) is 11.1 Å². The van der Waals surface area contributed by atoms with Crippen molar-refractivity contribution in [3.8, 4) is 11.5 Å². The van der Waals surface area contributed by atoms with Crippen molar-refractivity contribution in [1.29, 1.82) is 0 Å². The minimum Gasteiger partial charge on any atom is -0.497 e. The van der Waals surface area contributed by atoms with Gasteiger partial charge in [-0.1, -0.05) is 31.5 Å². The average Bonchev–Trinajstić information content (AvgIpc) is 2.93. The van der Waals surface area contributed by atoms with Crippen molar-refractivity contribution in [2.75, 3.05) is 14.2 Å². The lowest BCUT2D eigenvalue weighted by molar-refractivity contribution is 0.414. The monoisotopic (exact) mass is 294 g/mol. The Hall–Kier alpha value is -2.22. The van der Waals surface area contributed by atoms with Crippen LogP contribution >= 0.6 is 0 Å². The molecule has 2 aromatic rings. The molecular formula is C20H22O2. The first kappa shape index (κ1) is 14.7. The van der Waals surface area contributed by atoms with Crippen molar-refractivity contribution in [3.05, 3.63) is 59.2 Å². The Kier molecular flexibility index (Phi) is 4.19. The number of hydrogen-bond acceptors (Lipinski definition) is 2. The third kappa shape index (κ3) is 2.61. The van der Waals surface area contributed by atoms with Crippen molar-refractivity contribution >= 4 is 11.1 Å². The molecule has 114 valence electrons. The summed E-state index contributed by atoms with van der Waals surface area (Å²) < 4.78 is 10.6. The molecule has 0 fully saturated rings. The summed E-state index contributed by atoms with van der Waals surface area (Å²) in [5.74, 6) is 1.84. The second-order valence-corrected chi connectivity index (χ2v) is 5.64. The maximum Gasteiger partial charge on any atom is 0.119 e. The smallest absolute Gasteiger partial charge is 0.119 e. The van der Waals surface area contributed by atoms with Gasteiger partial charge < -0.3 is 9.47 Å². The zero-order valence-electron chi connectivity index (χ0n) is 13.5. The van der Waals surface area contributed by atoms with E-state index in [2.05, 4.69) is 37.3 Å². The number of methoxy groups -OCH3 is 2. The maximum atomic E-state index is 5.37. The molecule has 0 spiro atoms. The molecule has 22 heavy (non-hydrogen) atoms. The van der Waals surface area contributed by atoms with Crippen molar-refractivity contribution in [2.24, 2.45) is 0 Å². The van der Waals surface area contributed by atoms with E-state index in [0.29, 0.717) is 0 Å². The van der Waals surface area contributed by atoms with Gasteiger partial charge in [-0.15, -0.1) is 0 Å². The highest BCUT2D eigenvalue weighted by molar-refractivity contribution is 5.97. The van der Waals surface area contributed by atoms with Crippen molar-refractivity contribution in [2.45, 2.75) is 26.2 Å². The standard InChI is InChI=1S/C20H22O2/c1-4-5-19-18-11-10-17(22-3)12-15(18)13-20(19)14-6-8-16(21-2)9-7-14/h6-12H,4-5,13H2,1-3H3. The molecular weight excluding hydrogens is 272 g/mol. The lowest BCUT2D eigenvalue weighted by atomic mass is 9.97. The van der Waals surface area contributed by atoms with E-state index in [9.17, 15) is 0 Å². The normalized spacial score (nSPS) is 13.2. The summed E-state index contributed by atoms with van der Waals surface area (Å²) in [6.07, 6.45) is 3.25. The fourth-order valence-electron chi connectivity index (χ4n) is 3.20. The predicted molar refractivity (Wildman–Crippen MR) is 91.4 cm³/mol. The minimum atomic E-state index is 0.901. The molecule has 2 nitrogen and oxygen atoms in total. The van der Waals surface area contributed by atoms with Gasteiger partial charge in [0.1, 0.15) is 11.5 Å². The van der Waals surface area contributed by atoms with Crippen LogP contribution in [0.15, 0.2) is 42.5 Å². The van der Waals surface area contributed by atoms with E-state index in [1.807, 2.05) is 12.1 Å². The molecule has 0 N–H and O–H groups in total. The summed E-state index contributed by atoms with van der Waals surface area (Å²) in [4.78, 5) is 0. The molecule has 0 atom stereocenters. The number of hydrogen-bond donors (Lipinski definition) is 0. The van der Waals surface area contributed by atoms with Gasteiger partial charge in [-0.05, 0) is 64.9 Å². The molecule has 3 rings (SSSR count). The Labute approximate surface area is 132 Å². The average molecular weight is 294 g/mol. The molecule has 1 aliphatic rings. The lowest BCUT2D eigenvalue weighted by Gasteiger charge is -2.09. The highest BCUT2D eigenvalue weighted by Crippen LogP contribution is 2.42. The Morgan fingerprint density at radius 2 is 1.59 bits per heavy atom. The fourth-order valence-corrected chi connectivity index (χ4v) is 3.20. The van der Waals surface area contributed by atoms with Gasteiger partial charge in [-0.25, -0.2) is 0 Å². The number of benzene rings is 2. The fraction of sp³-hybridized carbons (Fsp3) is 0.300. The Balaban J connectivity index is 2.02. The Bertz CT molecular complexity index is 696. The SMILES string of the molecule is CCCC1=C(c2ccc(OC)cc2)Cc2cc(OC)ccc21. The number of rotatable bonds is 5. The summed E-state index contributed by atoms with van der Waals surface area (Å²) >= 11 is 0. The summed E-state index contributed by atoms with van der Waals surface area (Å²) in [7, 11) is 3.43. The van der Waals surface area contributed by atoms with Gasteiger partial charge in [0.15, 0.2) is 0 Å². The van der Waals surface area contributed by atoms with E-state index in [4.69, 9.17) is 9.47 Å². The van der Waals surface area contributed by atoms with E-state index < -0.39 is 0 Å². The van der Waals surface area contributed by atoms with E-state index in [-0.39, 0.29) is 0 Å². The van der Waals surface area contributed by atoms with Crippen LogP contribution in [0, 0.1) is 0 Å². The number of ether oxygens (including phenoxy) is 2. The molecule has 2 aromatic carbocycles. The van der Waals surface area contributed by atoms with Crippen LogP contribution in [0.4, 0.5) is 0 Å². The van der Waals surface area contributed by atoms with Gasteiger partial charge in [0.2, 0.25) is 0 Å². The number of allylic oxidation sites excluding steroid dienone is 2. The van der Waals surface area contributed by atoms with E-state index in [1.54, 1.807) is 14.2 Å². The highest BCUT2D eigenvalue weighted by Gasteiger charge is 2.22. The number of fused-ring (bicyclic) bond motifs is 1. The zero-order chi connectivity index (χ0) is 15.5. The van der Waals surface area contributed by atoms with Crippen LogP contribution < -0.4 is 9.47 Å². The second kappa shape index (κ2) is 6.27. The highest BCUT2D eigenvalue weighted by atomic mass is 16.5. The van der Waals surface area contributed by atoms with Crippen molar-refractivity contribution in [3.63, 3.8) is 0 Å². The minimum absolute atomic E-state index is 0.901. The lowest BCUT2D eigenvalue weighted by Crippen LogP contribution is -1.89. The first-order valence-corrected chi connectivity index (χ1v) is 7.80. The molecule has 0 saturated carbocycles. The molecule has 0 radical (unpaired) electrons. The van der Waals surface area contributed by atoms with Crippen LogP contribution in [-0.2, 0) is 6.42 Å².